The van der Waals surface area contributed by atoms with Crippen molar-refractivity contribution in [2.24, 2.45) is 4.99 Å². The van der Waals surface area contributed by atoms with E-state index in [4.69, 9.17) is 16.3 Å². The highest BCUT2D eigenvalue weighted by molar-refractivity contribution is 6.37. The van der Waals surface area contributed by atoms with Gasteiger partial charge in [-0.1, -0.05) is 41.9 Å². The molecule has 0 bridgehead atoms. The number of pyridine rings is 1. The van der Waals surface area contributed by atoms with Crippen LogP contribution in [-0.4, -0.2) is 20.2 Å². The average molecular weight is 501 g/mol. The van der Waals surface area contributed by atoms with Crippen molar-refractivity contribution in [1.29, 1.82) is 0 Å². The van der Waals surface area contributed by atoms with Crippen molar-refractivity contribution in [1.82, 2.24) is 14.5 Å². The van der Waals surface area contributed by atoms with Gasteiger partial charge in [0.2, 0.25) is 5.88 Å². The van der Waals surface area contributed by atoms with Gasteiger partial charge in [0.05, 0.1) is 22.0 Å². The van der Waals surface area contributed by atoms with Gasteiger partial charge in [0.1, 0.15) is 24.2 Å². The van der Waals surface area contributed by atoms with Crippen LogP contribution in [0.25, 0.3) is 5.69 Å². The number of imidazole rings is 1. The van der Waals surface area contributed by atoms with Gasteiger partial charge in [0.25, 0.3) is 0 Å². The van der Waals surface area contributed by atoms with E-state index in [1.807, 2.05) is 30.3 Å². The smallest absolute Gasteiger partial charge is 0.417 e. The molecule has 0 amide bonds. The molecular formula is C25H17ClF4N4O. The minimum atomic E-state index is -4.72. The molecular weight excluding hydrogens is 484 g/mol. The number of hydrogen-bond donors (Lipinski definition) is 0. The van der Waals surface area contributed by atoms with Crippen LogP contribution in [0.5, 0.6) is 5.88 Å². The molecule has 0 spiro atoms. The van der Waals surface area contributed by atoms with Gasteiger partial charge >= 0.3 is 6.18 Å². The molecule has 0 aliphatic carbocycles. The minimum absolute atomic E-state index is 0.0864. The Labute approximate surface area is 202 Å². The summed E-state index contributed by atoms with van der Waals surface area (Å²) in [6.07, 6.45) is -1.62. The molecule has 0 saturated heterocycles. The lowest BCUT2D eigenvalue weighted by Crippen LogP contribution is -2.16. The number of aromatic nitrogens is 3. The maximum absolute atomic E-state index is 15.1. The van der Waals surface area contributed by atoms with E-state index in [0.29, 0.717) is 5.82 Å². The highest BCUT2D eigenvalue weighted by atomic mass is 35.5. The number of hydrogen-bond acceptors (Lipinski definition) is 4. The summed E-state index contributed by atoms with van der Waals surface area (Å²) in [6, 6.07) is 13.3. The zero-order chi connectivity index (χ0) is 24.7. The molecule has 5 rings (SSSR count). The Morgan fingerprint density at radius 1 is 1.06 bits per heavy atom. The lowest BCUT2D eigenvalue weighted by molar-refractivity contribution is -0.137. The SMILES string of the molecule is C[C@@H]1N=C(c2nc(OCc3ccccc3)ccc2F)c2c(ccc(C(F)(F)F)c2Cl)-n2ccnc21. The first-order valence-electron chi connectivity index (χ1n) is 10.6. The third kappa shape index (κ3) is 4.27. The summed E-state index contributed by atoms with van der Waals surface area (Å²) in [5.41, 5.74) is -0.368. The van der Waals surface area contributed by atoms with Gasteiger partial charge in [-0.3, -0.25) is 4.99 Å². The Morgan fingerprint density at radius 2 is 1.83 bits per heavy atom. The van der Waals surface area contributed by atoms with Crippen LogP contribution in [0.3, 0.4) is 0 Å². The summed E-state index contributed by atoms with van der Waals surface area (Å²) in [6.45, 7) is 1.88. The van der Waals surface area contributed by atoms with E-state index in [-0.39, 0.29) is 35.1 Å². The number of benzene rings is 2. The second kappa shape index (κ2) is 8.81. The summed E-state index contributed by atoms with van der Waals surface area (Å²) in [4.78, 5) is 13.1. The summed E-state index contributed by atoms with van der Waals surface area (Å²) in [5, 5.41) is -0.598. The molecule has 1 aliphatic heterocycles. The lowest BCUT2D eigenvalue weighted by Gasteiger charge is -2.18. The fourth-order valence-electron chi connectivity index (χ4n) is 3.94. The number of halogens is 5. The second-order valence-corrected chi connectivity index (χ2v) is 8.26. The van der Waals surface area contributed by atoms with Gasteiger partial charge < -0.3 is 9.30 Å². The van der Waals surface area contributed by atoms with Crippen molar-refractivity contribution in [2.45, 2.75) is 25.7 Å². The number of nitrogens with zero attached hydrogens (tertiary/aromatic N) is 4. The Hall–Kier alpha value is -3.72. The Kier molecular flexibility index (Phi) is 5.80. The molecule has 4 aromatic rings. The van der Waals surface area contributed by atoms with Crippen LogP contribution in [0.2, 0.25) is 5.02 Å². The van der Waals surface area contributed by atoms with Crippen LogP contribution < -0.4 is 4.74 Å². The molecule has 3 heterocycles. The van der Waals surface area contributed by atoms with Crippen molar-refractivity contribution in [3.63, 3.8) is 0 Å². The van der Waals surface area contributed by atoms with E-state index in [1.54, 1.807) is 17.7 Å². The molecule has 35 heavy (non-hydrogen) atoms. The highest BCUT2D eigenvalue weighted by Crippen LogP contribution is 2.41. The molecule has 10 heteroatoms. The van der Waals surface area contributed by atoms with Crippen LogP contribution in [0, 0.1) is 5.82 Å². The Bertz CT molecular complexity index is 1430. The quantitative estimate of drug-likeness (QED) is 0.298. The molecule has 2 aromatic heterocycles. The van der Waals surface area contributed by atoms with Gasteiger partial charge in [0, 0.05) is 24.0 Å². The molecule has 2 aromatic carbocycles. The van der Waals surface area contributed by atoms with E-state index in [0.717, 1.165) is 17.7 Å². The predicted molar refractivity (Wildman–Crippen MR) is 123 cm³/mol. The normalized spacial score (nSPS) is 15.1. The largest absolute Gasteiger partial charge is 0.473 e. The first kappa shape index (κ1) is 23.0. The summed E-state index contributed by atoms with van der Waals surface area (Å²) in [7, 11) is 0. The molecule has 178 valence electrons. The molecule has 5 nitrogen and oxygen atoms in total. The Morgan fingerprint density at radius 3 is 2.57 bits per heavy atom. The summed E-state index contributed by atoms with van der Waals surface area (Å²) < 4.78 is 63.6. The number of rotatable bonds is 4. The van der Waals surface area contributed by atoms with E-state index in [9.17, 15) is 13.2 Å². The maximum atomic E-state index is 15.1. The minimum Gasteiger partial charge on any atom is -0.473 e. The molecule has 0 unspecified atom stereocenters. The van der Waals surface area contributed by atoms with Crippen molar-refractivity contribution < 1.29 is 22.3 Å². The molecule has 1 atom stereocenters. The van der Waals surface area contributed by atoms with Crippen LogP contribution in [0.15, 0.2) is 72.0 Å². The number of fused-ring (bicyclic) bond motifs is 3. The Balaban J connectivity index is 1.66. The second-order valence-electron chi connectivity index (χ2n) is 7.88. The van der Waals surface area contributed by atoms with Crippen LogP contribution in [-0.2, 0) is 12.8 Å². The maximum Gasteiger partial charge on any atom is 0.417 e. The van der Waals surface area contributed by atoms with Crippen molar-refractivity contribution >= 4 is 17.3 Å². The topological polar surface area (TPSA) is 52.3 Å². The molecule has 0 radical (unpaired) electrons. The first-order valence-corrected chi connectivity index (χ1v) is 11.0. The molecule has 0 saturated carbocycles. The molecule has 1 aliphatic rings. The van der Waals surface area contributed by atoms with Crippen LogP contribution >= 0.6 is 11.6 Å². The lowest BCUT2D eigenvalue weighted by atomic mass is 10.00. The summed E-state index contributed by atoms with van der Waals surface area (Å²) in [5.74, 6) is -0.219. The fourth-order valence-corrected chi connectivity index (χ4v) is 4.29. The van der Waals surface area contributed by atoms with E-state index < -0.39 is 28.6 Å². The number of ether oxygens (including phenoxy) is 1. The fraction of sp³-hybridized carbons (Fsp3) is 0.160. The van der Waals surface area contributed by atoms with Crippen molar-refractivity contribution in [3.8, 4) is 11.6 Å². The zero-order valence-electron chi connectivity index (χ0n) is 18.2. The van der Waals surface area contributed by atoms with E-state index in [2.05, 4.69) is 15.0 Å². The third-order valence-electron chi connectivity index (χ3n) is 5.56. The van der Waals surface area contributed by atoms with Crippen molar-refractivity contribution in [2.75, 3.05) is 0 Å². The standard InChI is InChI=1S/C25H17ClF4N4O/c1-14-24-31-11-12-34(24)18-9-7-16(25(28,29)30)21(26)20(18)23(32-14)22-17(27)8-10-19(33-22)35-13-15-5-3-2-4-6-15/h2-12,14H,13H2,1H3/t14-/m0/s1. The zero-order valence-corrected chi connectivity index (χ0v) is 19.0. The van der Waals surface area contributed by atoms with Crippen LogP contribution in [0.1, 0.15) is 41.2 Å². The van der Waals surface area contributed by atoms with E-state index in [1.165, 1.54) is 18.3 Å². The first-order chi connectivity index (χ1) is 16.7. The van der Waals surface area contributed by atoms with Gasteiger partial charge in [-0.2, -0.15) is 13.2 Å². The third-order valence-corrected chi connectivity index (χ3v) is 5.95. The van der Waals surface area contributed by atoms with Crippen molar-refractivity contribution in [3.05, 3.63) is 106 Å². The molecule has 0 N–H and O–H groups in total. The molecule has 0 fully saturated rings. The average Bonchev–Trinajstić information content (AvgIpc) is 3.28. The summed E-state index contributed by atoms with van der Waals surface area (Å²) >= 11 is 6.33. The number of aliphatic imine (C=N–C) groups is 1. The van der Waals surface area contributed by atoms with Gasteiger partial charge in [-0.25, -0.2) is 14.4 Å². The van der Waals surface area contributed by atoms with Gasteiger partial charge in [0.15, 0.2) is 5.82 Å². The van der Waals surface area contributed by atoms with Gasteiger partial charge in [-0.15, -0.1) is 0 Å². The number of alkyl halides is 3. The van der Waals surface area contributed by atoms with E-state index >= 15 is 4.39 Å². The van der Waals surface area contributed by atoms with Crippen LogP contribution in [0.4, 0.5) is 17.6 Å². The predicted octanol–water partition coefficient (Wildman–Crippen LogP) is 6.57. The van der Waals surface area contributed by atoms with Gasteiger partial charge in [-0.05, 0) is 30.7 Å². The highest BCUT2D eigenvalue weighted by Gasteiger charge is 2.37. The monoisotopic (exact) mass is 500 g/mol.